The number of carbonyl (C=O) groups excluding carboxylic acids is 2. The van der Waals surface area contributed by atoms with Gasteiger partial charge in [0.25, 0.3) is 0 Å². The number of amides is 3. The van der Waals surface area contributed by atoms with E-state index in [1.807, 2.05) is 6.07 Å². The van der Waals surface area contributed by atoms with Gasteiger partial charge in [-0.05, 0) is 30.3 Å². The Morgan fingerprint density at radius 1 is 1.27 bits per heavy atom. The van der Waals surface area contributed by atoms with Gasteiger partial charge >= 0.3 is 6.03 Å². The number of hydrogen-bond acceptors (Lipinski definition) is 6. The van der Waals surface area contributed by atoms with Gasteiger partial charge in [0, 0.05) is 36.4 Å². The number of pyridine rings is 1. The van der Waals surface area contributed by atoms with Crippen LogP contribution in [0.4, 0.5) is 27.9 Å². The number of hydrogen-bond donors (Lipinski definition) is 2. The number of halogens is 1. The van der Waals surface area contributed by atoms with Crippen LogP contribution in [-0.4, -0.2) is 33.9 Å². The minimum atomic E-state index is -0.320. The van der Waals surface area contributed by atoms with Crippen LogP contribution < -0.4 is 20.9 Å². The Labute approximate surface area is 177 Å². The van der Waals surface area contributed by atoms with Crippen molar-refractivity contribution in [3.8, 4) is 0 Å². The number of benzene rings is 1. The van der Waals surface area contributed by atoms with Crippen LogP contribution in [0.25, 0.3) is 0 Å². The molecular formula is C20H18ClN7O2. The Morgan fingerprint density at radius 3 is 2.87 bits per heavy atom. The molecule has 9 nitrogen and oxygen atoms in total. The zero-order chi connectivity index (χ0) is 21.3. The van der Waals surface area contributed by atoms with Gasteiger partial charge in [-0.3, -0.25) is 19.6 Å². The minimum Gasteiger partial charge on any atom is -0.368 e. The summed E-state index contributed by atoms with van der Waals surface area (Å²) in [6, 6.07) is 10.0. The van der Waals surface area contributed by atoms with E-state index in [1.165, 1.54) is 9.80 Å². The van der Waals surface area contributed by atoms with Crippen LogP contribution in [0.3, 0.4) is 0 Å². The summed E-state index contributed by atoms with van der Waals surface area (Å²) in [6.45, 7) is 0.226. The Morgan fingerprint density at radius 2 is 2.10 bits per heavy atom. The predicted molar refractivity (Wildman–Crippen MR) is 114 cm³/mol. The zero-order valence-electron chi connectivity index (χ0n) is 16.0. The van der Waals surface area contributed by atoms with Gasteiger partial charge in [0.1, 0.15) is 5.82 Å². The number of carbonyl (C=O) groups is 2. The second kappa shape index (κ2) is 7.96. The van der Waals surface area contributed by atoms with Crippen LogP contribution in [0, 0.1) is 0 Å². The molecule has 2 aromatic heterocycles. The van der Waals surface area contributed by atoms with Crippen LogP contribution >= 0.6 is 11.6 Å². The first-order valence-corrected chi connectivity index (χ1v) is 9.46. The highest BCUT2D eigenvalue weighted by Gasteiger charge is 2.31. The second-order valence-corrected chi connectivity index (χ2v) is 7.12. The highest BCUT2D eigenvalue weighted by molar-refractivity contribution is 6.34. The van der Waals surface area contributed by atoms with Crippen LogP contribution in [0.5, 0.6) is 0 Å². The number of nitrogens with two attached hydrogens (primary N) is 1. The minimum absolute atomic E-state index is 0.0949. The Kier molecular flexibility index (Phi) is 5.20. The van der Waals surface area contributed by atoms with Crippen molar-refractivity contribution in [2.75, 3.05) is 27.9 Å². The van der Waals surface area contributed by atoms with E-state index in [4.69, 9.17) is 17.3 Å². The lowest BCUT2D eigenvalue weighted by Crippen LogP contribution is -2.46. The fourth-order valence-corrected chi connectivity index (χ4v) is 3.40. The number of anilines is 4. The maximum atomic E-state index is 12.9. The van der Waals surface area contributed by atoms with Gasteiger partial charge < -0.3 is 11.1 Å². The molecule has 0 spiro atoms. The number of nitrogen functional groups attached to an aromatic ring is 1. The van der Waals surface area contributed by atoms with Gasteiger partial charge in [-0.1, -0.05) is 17.7 Å². The van der Waals surface area contributed by atoms with Crippen LogP contribution in [0.1, 0.15) is 11.3 Å². The Bertz CT molecular complexity index is 1120. The monoisotopic (exact) mass is 423 g/mol. The number of urea groups is 1. The number of aromatic nitrogens is 3. The molecule has 152 valence electrons. The number of fused-ring (bicyclic) bond motifs is 1. The highest BCUT2D eigenvalue weighted by Crippen LogP contribution is 2.35. The molecular weight excluding hydrogens is 406 g/mol. The summed E-state index contributed by atoms with van der Waals surface area (Å²) in [7, 11) is 1.60. The summed E-state index contributed by atoms with van der Waals surface area (Å²) in [5.74, 6) is 0.329. The van der Waals surface area contributed by atoms with E-state index in [0.29, 0.717) is 27.9 Å². The summed E-state index contributed by atoms with van der Waals surface area (Å²) in [4.78, 5) is 40.5. The molecule has 3 heterocycles. The molecule has 1 aromatic carbocycles. The SMILES string of the molecule is CN1C(=O)N(c2cc(NC(=O)Cc3ccccn3)ccc2Cl)Cc2cnc(N)nc21. The molecule has 0 unspecified atom stereocenters. The second-order valence-electron chi connectivity index (χ2n) is 6.72. The van der Waals surface area contributed by atoms with Gasteiger partial charge in [-0.15, -0.1) is 0 Å². The molecule has 1 aliphatic rings. The van der Waals surface area contributed by atoms with Crippen LogP contribution in [-0.2, 0) is 17.8 Å². The average Bonchev–Trinajstić information content (AvgIpc) is 2.73. The number of nitrogens with zero attached hydrogens (tertiary/aromatic N) is 5. The average molecular weight is 424 g/mol. The molecule has 30 heavy (non-hydrogen) atoms. The molecule has 3 amide bonds. The summed E-state index contributed by atoms with van der Waals surface area (Å²) in [5.41, 5.74) is 8.01. The topological polar surface area (TPSA) is 117 Å². The smallest absolute Gasteiger partial charge is 0.330 e. The van der Waals surface area contributed by atoms with Gasteiger partial charge in [0.05, 0.1) is 23.7 Å². The molecule has 0 bridgehead atoms. The summed E-state index contributed by atoms with van der Waals surface area (Å²) >= 11 is 6.37. The van der Waals surface area contributed by atoms with Gasteiger partial charge in [0.15, 0.2) is 0 Å². The van der Waals surface area contributed by atoms with E-state index in [-0.39, 0.29) is 30.9 Å². The highest BCUT2D eigenvalue weighted by atomic mass is 35.5. The van der Waals surface area contributed by atoms with Crippen molar-refractivity contribution in [2.24, 2.45) is 0 Å². The van der Waals surface area contributed by atoms with Gasteiger partial charge in [-0.2, -0.15) is 4.98 Å². The summed E-state index contributed by atoms with van der Waals surface area (Å²) in [6.07, 6.45) is 3.35. The fourth-order valence-electron chi connectivity index (χ4n) is 3.18. The molecule has 3 aromatic rings. The van der Waals surface area contributed by atoms with E-state index < -0.39 is 0 Å². The number of rotatable bonds is 4. The fraction of sp³-hybridized carbons (Fsp3) is 0.150. The van der Waals surface area contributed by atoms with E-state index >= 15 is 0 Å². The van der Waals surface area contributed by atoms with Crippen LogP contribution in [0.2, 0.25) is 5.02 Å². The maximum Gasteiger partial charge on any atom is 0.330 e. The molecule has 0 aliphatic carbocycles. The largest absolute Gasteiger partial charge is 0.368 e. The molecule has 0 saturated carbocycles. The zero-order valence-corrected chi connectivity index (χ0v) is 16.8. The lowest BCUT2D eigenvalue weighted by molar-refractivity contribution is -0.115. The van der Waals surface area contributed by atoms with Gasteiger partial charge in [-0.25, -0.2) is 9.78 Å². The normalized spacial score (nSPS) is 13.2. The quantitative estimate of drug-likeness (QED) is 0.666. The summed E-state index contributed by atoms with van der Waals surface area (Å²) < 4.78 is 0. The first kappa shape index (κ1) is 19.6. The van der Waals surface area contributed by atoms with Crippen molar-refractivity contribution in [1.82, 2.24) is 15.0 Å². The standard InChI is InChI=1S/C20H18ClN7O2/c1-27-18-12(10-24-19(22)26-18)11-28(20(27)30)16-8-14(5-6-15(16)21)25-17(29)9-13-4-2-3-7-23-13/h2-8,10H,9,11H2,1H3,(H,25,29)(H2,22,24,26). The molecule has 4 rings (SSSR count). The predicted octanol–water partition coefficient (Wildman–Crippen LogP) is 2.86. The van der Waals surface area contributed by atoms with Crippen molar-refractivity contribution >= 4 is 46.7 Å². The molecule has 0 radical (unpaired) electrons. The molecule has 0 saturated heterocycles. The first-order chi connectivity index (χ1) is 14.4. The van der Waals surface area contributed by atoms with Gasteiger partial charge in [0.2, 0.25) is 11.9 Å². The van der Waals surface area contributed by atoms with Crippen LogP contribution in [0.15, 0.2) is 48.8 Å². The third kappa shape index (κ3) is 3.87. The van der Waals surface area contributed by atoms with E-state index in [1.54, 1.807) is 49.8 Å². The van der Waals surface area contributed by atoms with Crippen molar-refractivity contribution in [3.05, 3.63) is 65.1 Å². The third-order valence-electron chi connectivity index (χ3n) is 4.61. The lowest BCUT2D eigenvalue weighted by Gasteiger charge is -2.34. The van der Waals surface area contributed by atoms with E-state index in [2.05, 4.69) is 20.3 Å². The molecule has 3 N–H and O–H groups in total. The first-order valence-electron chi connectivity index (χ1n) is 9.08. The third-order valence-corrected chi connectivity index (χ3v) is 4.93. The van der Waals surface area contributed by atoms with Crippen molar-refractivity contribution in [3.63, 3.8) is 0 Å². The molecule has 0 fully saturated rings. The van der Waals surface area contributed by atoms with E-state index in [0.717, 1.165) is 5.56 Å². The van der Waals surface area contributed by atoms with Crippen molar-refractivity contribution in [2.45, 2.75) is 13.0 Å². The number of nitrogens with one attached hydrogen (secondary N) is 1. The molecule has 1 aliphatic heterocycles. The van der Waals surface area contributed by atoms with Crippen molar-refractivity contribution < 1.29 is 9.59 Å². The summed E-state index contributed by atoms with van der Waals surface area (Å²) in [5, 5.41) is 3.19. The van der Waals surface area contributed by atoms with Crippen molar-refractivity contribution in [1.29, 1.82) is 0 Å². The van der Waals surface area contributed by atoms with E-state index in [9.17, 15) is 9.59 Å². The Hall–Kier alpha value is -3.72. The molecule has 10 heteroatoms. The molecule has 0 atom stereocenters. The maximum absolute atomic E-state index is 12.9. The Balaban J connectivity index is 1.58. The lowest BCUT2D eigenvalue weighted by atomic mass is 10.2.